The molecule has 2 aromatic carbocycles. The molecule has 0 aliphatic rings. The molecule has 7 nitrogen and oxygen atoms in total. The van der Waals surface area contributed by atoms with Crippen LogP contribution in [0.3, 0.4) is 0 Å². The van der Waals surface area contributed by atoms with Gasteiger partial charge in [-0.3, -0.25) is 4.79 Å². The van der Waals surface area contributed by atoms with Crippen LogP contribution in [0.25, 0.3) is 0 Å². The Morgan fingerprint density at radius 1 is 1.03 bits per heavy atom. The summed E-state index contributed by atoms with van der Waals surface area (Å²) in [5, 5.41) is 5.75. The molecule has 0 aromatic heterocycles. The van der Waals surface area contributed by atoms with Crippen LogP contribution in [-0.4, -0.2) is 26.2 Å². The molecular weight excluding hydrogens is 442 g/mol. The molecule has 2 rings (SSSR count). The Morgan fingerprint density at radius 3 is 2.37 bits per heavy atom. The number of urea groups is 1. The SMILES string of the molecule is CCCCCC(CC(=O)Nc1cc(CNC(N)=O)ccc1C(C)(C)C)c1ccc(OC)cc1OC. The van der Waals surface area contributed by atoms with Crippen molar-refractivity contribution in [1.82, 2.24) is 5.32 Å². The summed E-state index contributed by atoms with van der Waals surface area (Å²) in [4.78, 5) is 24.5. The van der Waals surface area contributed by atoms with E-state index in [1.54, 1.807) is 14.2 Å². The molecule has 4 N–H and O–H groups in total. The molecule has 35 heavy (non-hydrogen) atoms. The number of ether oxygens (including phenoxy) is 2. The summed E-state index contributed by atoms with van der Waals surface area (Å²) >= 11 is 0. The molecule has 0 saturated carbocycles. The van der Waals surface area contributed by atoms with Crippen LogP contribution in [0.5, 0.6) is 11.5 Å². The fourth-order valence-electron chi connectivity index (χ4n) is 4.24. The molecule has 0 aliphatic carbocycles. The molecule has 2 aromatic rings. The highest BCUT2D eigenvalue weighted by molar-refractivity contribution is 5.92. The van der Waals surface area contributed by atoms with Crippen molar-refractivity contribution in [2.24, 2.45) is 5.73 Å². The van der Waals surface area contributed by atoms with Gasteiger partial charge >= 0.3 is 6.03 Å². The zero-order chi connectivity index (χ0) is 26.0. The molecule has 0 bridgehead atoms. The van der Waals surface area contributed by atoms with Crippen molar-refractivity contribution in [3.63, 3.8) is 0 Å². The highest BCUT2D eigenvalue weighted by Gasteiger charge is 2.23. The Labute approximate surface area is 209 Å². The van der Waals surface area contributed by atoms with Crippen LogP contribution in [-0.2, 0) is 16.8 Å². The Kier molecular flexibility index (Phi) is 10.4. The maximum Gasteiger partial charge on any atom is 0.312 e. The Morgan fingerprint density at radius 2 is 1.77 bits per heavy atom. The smallest absolute Gasteiger partial charge is 0.312 e. The number of anilines is 1. The number of rotatable bonds is 12. The first-order valence-corrected chi connectivity index (χ1v) is 12.3. The van der Waals surface area contributed by atoms with Gasteiger partial charge in [0.05, 0.1) is 14.2 Å². The molecule has 0 radical (unpaired) electrons. The number of hydrogen-bond donors (Lipinski definition) is 3. The van der Waals surface area contributed by atoms with E-state index in [1.165, 1.54) is 0 Å². The molecule has 0 fully saturated rings. The lowest BCUT2D eigenvalue weighted by atomic mass is 9.85. The highest BCUT2D eigenvalue weighted by Crippen LogP contribution is 2.36. The number of benzene rings is 2. The van der Waals surface area contributed by atoms with Crippen LogP contribution in [0.15, 0.2) is 36.4 Å². The molecule has 0 spiro atoms. The standard InChI is InChI=1S/C28H41N3O4/c1-7-8-9-10-20(22-13-12-21(34-5)17-25(22)35-6)16-26(32)31-24-15-19(18-30-27(29)33)11-14-23(24)28(2,3)4/h11-15,17,20H,7-10,16,18H2,1-6H3,(H,31,32)(H3,29,30,33). The lowest BCUT2D eigenvalue weighted by molar-refractivity contribution is -0.116. The minimum atomic E-state index is -0.584. The minimum Gasteiger partial charge on any atom is -0.497 e. The summed E-state index contributed by atoms with van der Waals surface area (Å²) < 4.78 is 11.0. The van der Waals surface area contributed by atoms with Gasteiger partial charge in [0.25, 0.3) is 0 Å². The van der Waals surface area contributed by atoms with Crippen LogP contribution in [0.1, 0.15) is 82.4 Å². The van der Waals surface area contributed by atoms with Crippen LogP contribution in [0.4, 0.5) is 10.5 Å². The summed E-state index contributed by atoms with van der Waals surface area (Å²) in [6.45, 7) is 8.79. The van der Waals surface area contributed by atoms with Crippen molar-refractivity contribution in [1.29, 1.82) is 0 Å². The van der Waals surface area contributed by atoms with Gasteiger partial charge in [0.15, 0.2) is 0 Å². The number of hydrogen-bond acceptors (Lipinski definition) is 4. The maximum atomic E-state index is 13.3. The van der Waals surface area contributed by atoms with Gasteiger partial charge in [-0.1, -0.05) is 65.2 Å². The van der Waals surface area contributed by atoms with Gasteiger partial charge < -0.3 is 25.8 Å². The second-order valence-electron chi connectivity index (χ2n) is 9.90. The zero-order valence-corrected chi connectivity index (χ0v) is 22.0. The molecule has 1 atom stereocenters. The molecule has 192 valence electrons. The van der Waals surface area contributed by atoms with E-state index in [-0.39, 0.29) is 17.2 Å². The lowest BCUT2D eigenvalue weighted by Crippen LogP contribution is -2.28. The molecule has 1 unspecified atom stereocenters. The van der Waals surface area contributed by atoms with E-state index in [0.717, 1.165) is 59.6 Å². The third kappa shape index (κ3) is 8.50. The number of methoxy groups -OCH3 is 2. The van der Waals surface area contributed by atoms with Crippen molar-refractivity contribution < 1.29 is 19.1 Å². The van der Waals surface area contributed by atoms with Crippen molar-refractivity contribution >= 4 is 17.6 Å². The van der Waals surface area contributed by atoms with Crippen LogP contribution < -0.4 is 25.8 Å². The fraction of sp³-hybridized carbons (Fsp3) is 0.500. The molecular formula is C28H41N3O4. The van der Waals surface area contributed by atoms with Crippen molar-refractivity contribution in [2.75, 3.05) is 19.5 Å². The molecule has 7 heteroatoms. The topological polar surface area (TPSA) is 103 Å². The van der Waals surface area contributed by atoms with E-state index < -0.39 is 6.03 Å². The summed E-state index contributed by atoms with van der Waals surface area (Å²) in [5.74, 6) is 1.40. The largest absolute Gasteiger partial charge is 0.497 e. The van der Waals surface area contributed by atoms with Gasteiger partial charge in [-0.15, -0.1) is 0 Å². The van der Waals surface area contributed by atoms with Gasteiger partial charge in [-0.2, -0.15) is 0 Å². The summed E-state index contributed by atoms with van der Waals surface area (Å²) in [6.07, 6.45) is 4.48. The summed E-state index contributed by atoms with van der Waals surface area (Å²) in [5.41, 5.74) is 8.70. The number of nitrogens with one attached hydrogen (secondary N) is 2. The number of nitrogens with two attached hydrogens (primary N) is 1. The second kappa shape index (κ2) is 13.0. The third-order valence-corrected chi connectivity index (χ3v) is 6.10. The molecule has 3 amide bonds. The van der Waals surface area contributed by atoms with Gasteiger partial charge in [-0.05, 0) is 46.6 Å². The van der Waals surface area contributed by atoms with E-state index in [9.17, 15) is 9.59 Å². The zero-order valence-electron chi connectivity index (χ0n) is 22.0. The number of carbonyl (C=O) groups excluding carboxylic acids is 2. The fourth-order valence-corrected chi connectivity index (χ4v) is 4.24. The molecule has 0 aliphatic heterocycles. The Bertz CT molecular complexity index is 998. The normalized spacial score (nSPS) is 12.1. The second-order valence-corrected chi connectivity index (χ2v) is 9.90. The van der Waals surface area contributed by atoms with Crippen molar-refractivity contribution in [2.45, 2.75) is 77.7 Å². The van der Waals surface area contributed by atoms with Gasteiger partial charge in [-0.25, -0.2) is 4.79 Å². The molecule has 0 saturated heterocycles. The van der Waals surface area contributed by atoms with E-state index in [1.807, 2.05) is 36.4 Å². The average Bonchev–Trinajstić information content (AvgIpc) is 2.81. The number of carbonyl (C=O) groups is 2. The average molecular weight is 484 g/mol. The third-order valence-electron chi connectivity index (χ3n) is 6.10. The lowest BCUT2D eigenvalue weighted by Gasteiger charge is -2.25. The predicted molar refractivity (Wildman–Crippen MR) is 141 cm³/mol. The first-order chi connectivity index (χ1) is 16.6. The Hall–Kier alpha value is -3.22. The van der Waals surface area contributed by atoms with Crippen LogP contribution >= 0.6 is 0 Å². The van der Waals surface area contributed by atoms with Crippen molar-refractivity contribution in [3.8, 4) is 11.5 Å². The number of unbranched alkanes of at least 4 members (excludes halogenated alkanes) is 2. The quantitative estimate of drug-likeness (QED) is 0.329. The monoisotopic (exact) mass is 483 g/mol. The van der Waals surface area contributed by atoms with Crippen LogP contribution in [0, 0.1) is 0 Å². The van der Waals surface area contributed by atoms with Crippen LogP contribution in [0.2, 0.25) is 0 Å². The van der Waals surface area contributed by atoms with Crippen molar-refractivity contribution in [3.05, 3.63) is 53.1 Å². The van der Waals surface area contributed by atoms with E-state index >= 15 is 0 Å². The number of primary amides is 1. The predicted octanol–water partition coefficient (Wildman–Crippen LogP) is 5.86. The summed E-state index contributed by atoms with van der Waals surface area (Å²) in [6, 6.07) is 11.1. The van der Waals surface area contributed by atoms with E-state index in [0.29, 0.717) is 13.0 Å². The van der Waals surface area contributed by atoms with Gasteiger partial charge in [0, 0.05) is 24.7 Å². The highest BCUT2D eigenvalue weighted by atomic mass is 16.5. The molecule has 0 heterocycles. The number of amides is 3. The van der Waals surface area contributed by atoms with E-state index in [2.05, 4.69) is 38.3 Å². The van der Waals surface area contributed by atoms with Gasteiger partial charge in [0.1, 0.15) is 11.5 Å². The maximum absolute atomic E-state index is 13.3. The van der Waals surface area contributed by atoms with Gasteiger partial charge in [0.2, 0.25) is 5.91 Å². The summed E-state index contributed by atoms with van der Waals surface area (Å²) in [7, 11) is 3.27. The minimum absolute atomic E-state index is 0.0141. The Balaban J connectivity index is 2.31. The van der Waals surface area contributed by atoms with E-state index in [4.69, 9.17) is 15.2 Å². The first-order valence-electron chi connectivity index (χ1n) is 12.3. The first kappa shape index (κ1) is 28.0.